The molecule has 2 heterocycles. The Bertz CT molecular complexity index is 777. The Balaban J connectivity index is 1.34. The van der Waals surface area contributed by atoms with E-state index in [4.69, 9.17) is 16.3 Å². The van der Waals surface area contributed by atoms with E-state index < -0.39 is 5.54 Å². The minimum absolute atomic E-state index is 0.0356. The molecule has 1 aliphatic carbocycles. The minimum Gasteiger partial charge on any atom is -0.368 e. The van der Waals surface area contributed by atoms with Crippen molar-refractivity contribution in [2.24, 2.45) is 5.92 Å². The van der Waals surface area contributed by atoms with Crippen LogP contribution in [0.3, 0.4) is 0 Å². The van der Waals surface area contributed by atoms with Gasteiger partial charge in [0.05, 0.1) is 6.73 Å². The van der Waals surface area contributed by atoms with Crippen molar-refractivity contribution in [3.8, 4) is 0 Å². The fourth-order valence-electron chi connectivity index (χ4n) is 4.49. The number of piperazine rings is 1. The van der Waals surface area contributed by atoms with Gasteiger partial charge in [-0.1, -0.05) is 17.7 Å². The molecule has 1 saturated carbocycles. The van der Waals surface area contributed by atoms with Crippen molar-refractivity contribution >= 4 is 29.1 Å². The highest BCUT2D eigenvalue weighted by Crippen LogP contribution is 2.43. The molecule has 3 aliphatic rings. The van der Waals surface area contributed by atoms with Crippen molar-refractivity contribution in [2.45, 2.75) is 38.1 Å². The smallest absolute Gasteiger partial charge is 0.242 e. The third-order valence-corrected chi connectivity index (χ3v) is 6.86. The van der Waals surface area contributed by atoms with Gasteiger partial charge in [-0.2, -0.15) is 0 Å². The third-order valence-electron chi connectivity index (χ3n) is 6.45. The number of carbonyl (C=O) groups excluding carboxylic acids is 2. The van der Waals surface area contributed by atoms with Crippen molar-refractivity contribution < 1.29 is 14.3 Å². The summed E-state index contributed by atoms with van der Waals surface area (Å²) in [6.45, 7) is 5.52. The van der Waals surface area contributed by atoms with Gasteiger partial charge in [-0.25, -0.2) is 0 Å². The number of hydrogen-bond donors (Lipinski definition) is 2. The van der Waals surface area contributed by atoms with E-state index in [2.05, 4.69) is 21.6 Å². The first-order valence-corrected chi connectivity index (χ1v) is 10.8. The Morgan fingerprint density at radius 1 is 1.24 bits per heavy atom. The van der Waals surface area contributed by atoms with Crippen molar-refractivity contribution in [3.63, 3.8) is 0 Å². The van der Waals surface area contributed by atoms with E-state index in [0.29, 0.717) is 38.6 Å². The zero-order valence-corrected chi connectivity index (χ0v) is 17.6. The molecule has 0 radical (unpaired) electrons. The Hall–Kier alpha value is -1.83. The highest BCUT2D eigenvalue weighted by Gasteiger charge is 2.51. The number of nitrogens with one attached hydrogen (secondary N) is 2. The molecule has 1 aromatic carbocycles. The SMILES string of the molecule is Cc1c(Cl)cccc1N1CCN(C(=O)CCC2(C3CC3)NCOCNC2=O)CC1. The van der Waals surface area contributed by atoms with Crippen molar-refractivity contribution in [3.05, 3.63) is 28.8 Å². The molecule has 29 heavy (non-hydrogen) atoms. The lowest BCUT2D eigenvalue weighted by Crippen LogP contribution is -2.57. The standard InChI is InChI=1S/C21H29ClN4O3/c1-15-17(22)3-2-4-18(15)25-9-11-26(12-10-25)19(27)7-8-21(16-5-6-16)20(28)23-13-29-14-24-21/h2-4,16,24H,5-14H2,1H3,(H,23,28). The van der Waals surface area contributed by atoms with Crippen LogP contribution in [0, 0.1) is 12.8 Å². The normalized spacial score (nSPS) is 25.5. The van der Waals surface area contributed by atoms with Crippen molar-refractivity contribution in [1.29, 1.82) is 0 Å². The molecule has 3 fully saturated rings. The molecular formula is C21H29ClN4O3. The molecule has 0 spiro atoms. The first kappa shape index (κ1) is 20.4. The van der Waals surface area contributed by atoms with Gasteiger partial charge in [0.25, 0.3) is 0 Å². The summed E-state index contributed by atoms with van der Waals surface area (Å²) in [5, 5.41) is 6.88. The topological polar surface area (TPSA) is 73.9 Å². The predicted octanol–water partition coefficient (Wildman–Crippen LogP) is 1.88. The van der Waals surface area contributed by atoms with Gasteiger partial charge in [0.2, 0.25) is 11.8 Å². The van der Waals surface area contributed by atoms with Gasteiger partial charge >= 0.3 is 0 Å². The molecule has 2 N–H and O–H groups in total. The first-order chi connectivity index (χ1) is 14.0. The van der Waals surface area contributed by atoms with E-state index >= 15 is 0 Å². The molecule has 7 nitrogen and oxygen atoms in total. The van der Waals surface area contributed by atoms with Gasteiger partial charge in [0.15, 0.2) is 0 Å². The Kier molecular flexibility index (Phi) is 5.99. The molecule has 8 heteroatoms. The molecule has 2 amide bonds. The maximum Gasteiger partial charge on any atom is 0.242 e. The lowest BCUT2D eigenvalue weighted by Gasteiger charge is -2.38. The number of benzene rings is 1. The van der Waals surface area contributed by atoms with E-state index in [1.165, 1.54) is 0 Å². The van der Waals surface area contributed by atoms with Gasteiger partial charge in [0.1, 0.15) is 12.3 Å². The minimum atomic E-state index is -0.675. The van der Waals surface area contributed by atoms with Gasteiger partial charge in [-0.05, 0) is 49.8 Å². The summed E-state index contributed by atoms with van der Waals surface area (Å²) in [6.07, 6.45) is 2.92. The molecular weight excluding hydrogens is 392 g/mol. The zero-order chi connectivity index (χ0) is 20.4. The van der Waals surface area contributed by atoms with Crippen LogP contribution in [0.1, 0.15) is 31.2 Å². The number of anilines is 1. The number of nitrogens with zero attached hydrogens (tertiary/aromatic N) is 2. The molecule has 4 rings (SSSR count). The van der Waals surface area contributed by atoms with E-state index in [1.54, 1.807) is 0 Å². The molecule has 0 aromatic heterocycles. The highest BCUT2D eigenvalue weighted by molar-refractivity contribution is 6.31. The van der Waals surface area contributed by atoms with Crippen LogP contribution in [-0.4, -0.2) is 61.9 Å². The van der Waals surface area contributed by atoms with Gasteiger partial charge < -0.3 is 19.9 Å². The number of amides is 2. The quantitative estimate of drug-likeness (QED) is 0.760. The second-order valence-corrected chi connectivity index (χ2v) is 8.58. The molecule has 2 aliphatic heterocycles. The Morgan fingerprint density at radius 3 is 2.72 bits per heavy atom. The van der Waals surface area contributed by atoms with E-state index in [9.17, 15) is 9.59 Å². The fourth-order valence-corrected chi connectivity index (χ4v) is 4.66. The van der Waals surface area contributed by atoms with Crippen LogP contribution in [0.15, 0.2) is 18.2 Å². The van der Waals surface area contributed by atoms with Gasteiger partial charge in [-0.3, -0.25) is 14.9 Å². The lowest BCUT2D eigenvalue weighted by atomic mass is 9.86. The zero-order valence-electron chi connectivity index (χ0n) is 16.9. The van der Waals surface area contributed by atoms with Gasteiger partial charge in [-0.15, -0.1) is 0 Å². The van der Waals surface area contributed by atoms with Crippen molar-refractivity contribution in [1.82, 2.24) is 15.5 Å². The summed E-state index contributed by atoms with van der Waals surface area (Å²) in [4.78, 5) is 29.8. The van der Waals surface area contributed by atoms with Crippen LogP contribution >= 0.6 is 11.6 Å². The molecule has 2 saturated heterocycles. The van der Waals surface area contributed by atoms with E-state index in [1.807, 2.05) is 24.0 Å². The average Bonchev–Trinajstić information content (AvgIpc) is 3.58. The van der Waals surface area contributed by atoms with Gasteiger partial charge in [0, 0.05) is 43.3 Å². The average molecular weight is 421 g/mol. The van der Waals surface area contributed by atoms with Crippen LogP contribution in [0.5, 0.6) is 0 Å². The van der Waals surface area contributed by atoms with Crippen LogP contribution in [-0.2, 0) is 14.3 Å². The number of hydrogen-bond acceptors (Lipinski definition) is 5. The largest absolute Gasteiger partial charge is 0.368 e. The number of rotatable bonds is 5. The maximum absolute atomic E-state index is 12.9. The van der Waals surface area contributed by atoms with Crippen LogP contribution in [0.25, 0.3) is 0 Å². The summed E-state index contributed by atoms with van der Waals surface area (Å²) in [7, 11) is 0. The van der Waals surface area contributed by atoms with E-state index in [0.717, 1.165) is 42.2 Å². The third kappa shape index (κ3) is 4.22. The summed E-state index contributed by atoms with van der Waals surface area (Å²) >= 11 is 6.26. The van der Waals surface area contributed by atoms with E-state index in [-0.39, 0.29) is 18.5 Å². The predicted molar refractivity (Wildman–Crippen MR) is 112 cm³/mol. The summed E-state index contributed by atoms with van der Waals surface area (Å²) < 4.78 is 5.34. The summed E-state index contributed by atoms with van der Waals surface area (Å²) in [5.41, 5.74) is 1.54. The molecule has 1 atom stereocenters. The second-order valence-electron chi connectivity index (χ2n) is 8.17. The maximum atomic E-state index is 12.9. The summed E-state index contributed by atoms with van der Waals surface area (Å²) in [6, 6.07) is 5.95. The fraction of sp³-hybridized carbons (Fsp3) is 0.619. The number of halogens is 1. The Labute approximate surface area is 176 Å². The molecule has 0 bridgehead atoms. The Morgan fingerprint density at radius 2 is 2.00 bits per heavy atom. The number of carbonyl (C=O) groups is 2. The first-order valence-electron chi connectivity index (χ1n) is 10.4. The monoisotopic (exact) mass is 420 g/mol. The van der Waals surface area contributed by atoms with Crippen molar-refractivity contribution in [2.75, 3.05) is 44.5 Å². The molecule has 1 unspecified atom stereocenters. The van der Waals surface area contributed by atoms with Crippen LogP contribution in [0.2, 0.25) is 5.02 Å². The molecule has 1 aromatic rings. The summed E-state index contributed by atoms with van der Waals surface area (Å²) in [5.74, 6) is 0.374. The lowest BCUT2D eigenvalue weighted by molar-refractivity contribution is -0.133. The number of ether oxygens (including phenoxy) is 1. The van der Waals surface area contributed by atoms with Crippen LogP contribution in [0.4, 0.5) is 5.69 Å². The second kappa shape index (κ2) is 8.50. The molecule has 158 valence electrons. The van der Waals surface area contributed by atoms with Crippen LogP contribution < -0.4 is 15.5 Å². The highest BCUT2D eigenvalue weighted by atomic mass is 35.5.